The Labute approximate surface area is 130 Å². The summed E-state index contributed by atoms with van der Waals surface area (Å²) in [6.07, 6.45) is 3.55. The number of thioether (sulfide) groups is 1. The fraction of sp³-hybridized carbons (Fsp3) is 0.375. The summed E-state index contributed by atoms with van der Waals surface area (Å²) in [7, 11) is -3.45. The standard InChI is InChI=1S/C16H19NO2S2/c18-21(19,17-12-14-8-3-4-11-20-14)16-10-5-7-13-6-1-2-9-15(13)16/h1-2,5-7,9-10,14,17H,3-4,8,11-12H2. The van der Waals surface area contributed by atoms with Crippen LogP contribution in [0.5, 0.6) is 0 Å². The van der Waals surface area contributed by atoms with Crippen molar-refractivity contribution in [2.45, 2.75) is 29.4 Å². The Morgan fingerprint density at radius 1 is 1.10 bits per heavy atom. The molecule has 1 saturated heterocycles. The van der Waals surface area contributed by atoms with Crippen LogP contribution in [0.2, 0.25) is 0 Å². The molecule has 3 rings (SSSR count). The first-order chi connectivity index (χ1) is 10.2. The molecule has 2 aromatic rings. The normalized spacial score (nSPS) is 19.7. The fourth-order valence-electron chi connectivity index (χ4n) is 2.68. The van der Waals surface area contributed by atoms with Crippen molar-refractivity contribution in [2.75, 3.05) is 12.3 Å². The first-order valence-corrected chi connectivity index (χ1v) is 9.79. The lowest BCUT2D eigenvalue weighted by Crippen LogP contribution is -2.32. The van der Waals surface area contributed by atoms with Crippen LogP contribution in [0.15, 0.2) is 47.4 Å². The lowest BCUT2D eigenvalue weighted by atomic mass is 10.1. The van der Waals surface area contributed by atoms with Crippen molar-refractivity contribution in [2.24, 2.45) is 0 Å². The summed E-state index contributed by atoms with van der Waals surface area (Å²) < 4.78 is 27.9. The maximum atomic E-state index is 12.6. The molecule has 1 aliphatic heterocycles. The predicted octanol–water partition coefficient (Wildman–Crippen LogP) is 3.40. The Balaban J connectivity index is 1.83. The van der Waals surface area contributed by atoms with Crippen LogP contribution in [0.3, 0.4) is 0 Å². The maximum absolute atomic E-state index is 12.6. The monoisotopic (exact) mass is 321 g/mol. The van der Waals surface area contributed by atoms with Gasteiger partial charge in [0.2, 0.25) is 10.0 Å². The quantitative estimate of drug-likeness (QED) is 0.939. The third kappa shape index (κ3) is 3.42. The molecule has 0 aliphatic carbocycles. The zero-order valence-corrected chi connectivity index (χ0v) is 13.4. The van der Waals surface area contributed by atoms with Crippen LogP contribution in [0.25, 0.3) is 10.8 Å². The number of rotatable bonds is 4. The van der Waals surface area contributed by atoms with Gasteiger partial charge in [-0.2, -0.15) is 11.8 Å². The van der Waals surface area contributed by atoms with E-state index in [0.717, 1.165) is 22.9 Å². The second kappa shape index (κ2) is 6.38. The van der Waals surface area contributed by atoms with Gasteiger partial charge in [-0.1, -0.05) is 42.8 Å². The summed E-state index contributed by atoms with van der Waals surface area (Å²) in [5.41, 5.74) is 0. The van der Waals surface area contributed by atoms with E-state index in [2.05, 4.69) is 4.72 Å². The first kappa shape index (κ1) is 14.9. The Morgan fingerprint density at radius 2 is 1.90 bits per heavy atom. The molecule has 0 aromatic heterocycles. The maximum Gasteiger partial charge on any atom is 0.241 e. The van der Waals surface area contributed by atoms with E-state index in [1.165, 1.54) is 12.8 Å². The van der Waals surface area contributed by atoms with E-state index in [9.17, 15) is 8.42 Å². The average molecular weight is 321 g/mol. The van der Waals surface area contributed by atoms with Crippen LogP contribution in [0.4, 0.5) is 0 Å². The van der Waals surface area contributed by atoms with Crippen LogP contribution in [-0.2, 0) is 10.0 Å². The molecule has 2 aromatic carbocycles. The predicted molar refractivity (Wildman–Crippen MR) is 89.2 cm³/mol. The summed E-state index contributed by atoms with van der Waals surface area (Å²) in [6, 6.07) is 13.0. The van der Waals surface area contributed by atoms with Crippen molar-refractivity contribution in [3.63, 3.8) is 0 Å². The minimum atomic E-state index is -3.45. The third-order valence-electron chi connectivity index (χ3n) is 3.81. The van der Waals surface area contributed by atoms with Gasteiger partial charge in [-0.05, 0) is 30.0 Å². The zero-order chi connectivity index (χ0) is 14.7. The van der Waals surface area contributed by atoms with Gasteiger partial charge in [0, 0.05) is 17.2 Å². The molecule has 1 unspecified atom stereocenters. The molecule has 1 fully saturated rings. The van der Waals surface area contributed by atoms with E-state index in [1.807, 2.05) is 42.1 Å². The Bertz CT molecular complexity index is 717. The van der Waals surface area contributed by atoms with Crippen molar-refractivity contribution in [3.05, 3.63) is 42.5 Å². The molecule has 1 aliphatic rings. The highest BCUT2D eigenvalue weighted by Crippen LogP contribution is 2.26. The van der Waals surface area contributed by atoms with E-state index < -0.39 is 10.0 Å². The second-order valence-electron chi connectivity index (χ2n) is 5.32. The number of sulfonamides is 1. The van der Waals surface area contributed by atoms with Crippen LogP contribution in [-0.4, -0.2) is 26.0 Å². The largest absolute Gasteiger partial charge is 0.241 e. The molecule has 1 N–H and O–H groups in total. The van der Waals surface area contributed by atoms with E-state index in [0.29, 0.717) is 16.7 Å². The summed E-state index contributed by atoms with van der Waals surface area (Å²) >= 11 is 1.88. The SMILES string of the molecule is O=S(=O)(NCC1CCCCS1)c1cccc2ccccc12. The van der Waals surface area contributed by atoms with Crippen LogP contribution in [0, 0.1) is 0 Å². The third-order valence-corrected chi connectivity index (χ3v) is 6.69. The molecule has 1 heterocycles. The lowest BCUT2D eigenvalue weighted by Gasteiger charge is -2.21. The van der Waals surface area contributed by atoms with Crippen LogP contribution in [0.1, 0.15) is 19.3 Å². The minimum absolute atomic E-state index is 0.376. The van der Waals surface area contributed by atoms with Crippen molar-refractivity contribution in [1.29, 1.82) is 0 Å². The van der Waals surface area contributed by atoms with Crippen molar-refractivity contribution in [1.82, 2.24) is 4.72 Å². The molecular formula is C16H19NO2S2. The topological polar surface area (TPSA) is 46.2 Å². The lowest BCUT2D eigenvalue weighted by molar-refractivity contribution is 0.574. The number of fused-ring (bicyclic) bond motifs is 1. The van der Waals surface area contributed by atoms with Gasteiger partial charge in [-0.15, -0.1) is 0 Å². The van der Waals surface area contributed by atoms with Crippen molar-refractivity contribution < 1.29 is 8.42 Å². The smallest absolute Gasteiger partial charge is 0.210 e. The molecular weight excluding hydrogens is 302 g/mol. The van der Waals surface area contributed by atoms with Crippen molar-refractivity contribution >= 4 is 32.6 Å². The Morgan fingerprint density at radius 3 is 2.71 bits per heavy atom. The summed E-state index contributed by atoms with van der Waals surface area (Å²) in [4.78, 5) is 0.376. The molecule has 0 bridgehead atoms. The number of hydrogen-bond acceptors (Lipinski definition) is 3. The minimum Gasteiger partial charge on any atom is -0.210 e. The van der Waals surface area contributed by atoms with Gasteiger partial charge < -0.3 is 0 Å². The fourth-order valence-corrected chi connectivity index (χ4v) is 5.33. The van der Waals surface area contributed by atoms with Gasteiger partial charge >= 0.3 is 0 Å². The van der Waals surface area contributed by atoms with Gasteiger partial charge in [0.1, 0.15) is 0 Å². The Kier molecular flexibility index (Phi) is 4.52. The van der Waals surface area contributed by atoms with Gasteiger partial charge in [0.05, 0.1) is 4.90 Å². The molecule has 112 valence electrons. The summed E-state index contributed by atoms with van der Waals surface area (Å²) in [6.45, 7) is 0.524. The molecule has 0 radical (unpaired) electrons. The van der Waals surface area contributed by atoms with Gasteiger partial charge in [-0.25, -0.2) is 13.1 Å². The highest BCUT2D eigenvalue weighted by atomic mass is 32.2. The molecule has 0 amide bonds. The van der Waals surface area contributed by atoms with E-state index in [1.54, 1.807) is 12.1 Å². The van der Waals surface area contributed by atoms with Gasteiger partial charge in [0.25, 0.3) is 0 Å². The molecule has 21 heavy (non-hydrogen) atoms. The van der Waals surface area contributed by atoms with E-state index >= 15 is 0 Å². The Hall–Kier alpha value is -1.04. The van der Waals surface area contributed by atoms with Crippen LogP contribution >= 0.6 is 11.8 Å². The second-order valence-corrected chi connectivity index (χ2v) is 8.46. The number of nitrogens with one attached hydrogen (secondary N) is 1. The number of hydrogen-bond donors (Lipinski definition) is 1. The van der Waals surface area contributed by atoms with E-state index in [-0.39, 0.29) is 0 Å². The molecule has 5 heteroatoms. The number of benzene rings is 2. The summed E-state index contributed by atoms with van der Waals surface area (Å²) in [5, 5.41) is 2.14. The van der Waals surface area contributed by atoms with Crippen molar-refractivity contribution in [3.8, 4) is 0 Å². The zero-order valence-electron chi connectivity index (χ0n) is 11.8. The molecule has 3 nitrogen and oxygen atoms in total. The van der Waals surface area contributed by atoms with Gasteiger partial charge in [-0.3, -0.25) is 0 Å². The van der Waals surface area contributed by atoms with Gasteiger partial charge in [0.15, 0.2) is 0 Å². The summed E-state index contributed by atoms with van der Waals surface area (Å²) in [5.74, 6) is 1.14. The molecule has 0 saturated carbocycles. The highest BCUT2D eigenvalue weighted by molar-refractivity contribution is 8.00. The van der Waals surface area contributed by atoms with Crippen LogP contribution < -0.4 is 4.72 Å². The highest BCUT2D eigenvalue weighted by Gasteiger charge is 2.20. The first-order valence-electron chi connectivity index (χ1n) is 7.26. The molecule has 1 atom stereocenters. The molecule has 0 spiro atoms. The van der Waals surface area contributed by atoms with E-state index in [4.69, 9.17) is 0 Å². The average Bonchev–Trinajstić information content (AvgIpc) is 2.53.